The van der Waals surface area contributed by atoms with Gasteiger partial charge in [-0.1, -0.05) is 30.3 Å². The molecule has 1 aliphatic carbocycles. The first kappa shape index (κ1) is 21.7. The quantitative estimate of drug-likeness (QED) is 0.583. The zero-order valence-corrected chi connectivity index (χ0v) is 18.6. The maximum absolute atomic E-state index is 13.4. The van der Waals surface area contributed by atoms with Gasteiger partial charge in [-0.2, -0.15) is 0 Å². The Morgan fingerprint density at radius 2 is 1.97 bits per heavy atom. The van der Waals surface area contributed by atoms with E-state index in [1.807, 2.05) is 24.3 Å². The lowest BCUT2D eigenvalue weighted by Gasteiger charge is -2.30. The van der Waals surface area contributed by atoms with Crippen LogP contribution < -0.4 is 10.6 Å². The van der Waals surface area contributed by atoms with Crippen molar-refractivity contribution in [2.24, 2.45) is 0 Å². The number of Topliss-reactive ketones (excluding diaryl/α,β-unsaturated/α-hetero) is 1. The van der Waals surface area contributed by atoms with E-state index >= 15 is 0 Å². The normalized spacial score (nSPS) is 22.8. The number of nitrogens with one attached hydrogen (secondary N) is 2. The number of carbonyl (C=O) groups is 3. The van der Waals surface area contributed by atoms with Crippen molar-refractivity contribution in [1.82, 2.24) is 10.6 Å². The summed E-state index contributed by atoms with van der Waals surface area (Å²) in [6.07, 6.45) is 1.84. The Kier molecular flexibility index (Phi) is 5.72. The summed E-state index contributed by atoms with van der Waals surface area (Å²) in [7, 11) is 0. The maximum atomic E-state index is 13.4. The Labute approximate surface area is 194 Å². The number of fused-ring (bicyclic) bond motifs is 2. The monoisotopic (exact) mass is 466 g/mol. The molecule has 1 aromatic heterocycles. The van der Waals surface area contributed by atoms with Crippen LogP contribution in [0.3, 0.4) is 0 Å². The van der Waals surface area contributed by atoms with E-state index in [0.717, 1.165) is 16.5 Å². The first-order chi connectivity index (χ1) is 16.0. The van der Waals surface area contributed by atoms with Gasteiger partial charge in [-0.25, -0.2) is 4.39 Å². The number of rotatable bonds is 6. The fourth-order valence-electron chi connectivity index (χ4n) is 4.80. The van der Waals surface area contributed by atoms with Gasteiger partial charge in [0.15, 0.2) is 5.78 Å². The summed E-state index contributed by atoms with van der Waals surface area (Å²) in [5, 5.41) is 8.36. The summed E-state index contributed by atoms with van der Waals surface area (Å²) in [4.78, 5) is 39.2. The molecule has 2 aromatic carbocycles. The van der Waals surface area contributed by atoms with Crippen molar-refractivity contribution >= 4 is 39.0 Å². The van der Waals surface area contributed by atoms with E-state index in [1.54, 1.807) is 17.5 Å². The molecule has 33 heavy (non-hydrogen) atoms. The van der Waals surface area contributed by atoms with Gasteiger partial charge >= 0.3 is 0 Å². The summed E-state index contributed by atoms with van der Waals surface area (Å²) in [6, 6.07) is 12.4. The van der Waals surface area contributed by atoms with Crippen molar-refractivity contribution in [2.45, 2.75) is 43.4 Å². The third-order valence-corrected chi connectivity index (χ3v) is 7.51. The molecule has 3 aromatic rings. The Hall–Kier alpha value is -3.10. The number of benzene rings is 2. The molecule has 8 heteroatoms. The Morgan fingerprint density at radius 3 is 2.79 bits per heavy atom. The predicted octanol–water partition coefficient (Wildman–Crippen LogP) is 3.39. The van der Waals surface area contributed by atoms with Crippen LogP contribution in [0.2, 0.25) is 0 Å². The summed E-state index contributed by atoms with van der Waals surface area (Å²) in [5.41, 5.74) is 0.156. The molecule has 1 saturated heterocycles. The van der Waals surface area contributed by atoms with Crippen LogP contribution in [0.25, 0.3) is 10.1 Å². The number of hydrogen-bond donors (Lipinski definition) is 2. The minimum Gasteiger partial charge on any atom is -0.367 e. The summed E-state index contributed by atoms with van der Waals surface area (Å²) in [6.45, 7) is -0.0131. The van der Waals surface area contributed by atoms with E-state index in [2.05, 4.69) is 10.6 Å². The fourth-order valence-corrected chi connectivity index (χ4v) is 5.74. The SMILES string of the molecule is O=C(NC(Cc1ccc(F)cc1)C(=O)NC12CCCC1OCC2=O)c1csc2ccccc12. The highest BCUT2D eigenvalue weighted by atomic mass is 32.1. The van der Waals surface area contributed by atoms with Crippen molar-refractivity contribution < 1.29 is 23.5 Å². The maximum Gasteiger partial charge on any atom is 0.253 e. The van der Waals surface area contributed by atoms with Crippen molar-refractivity contribution in [3.05, 3.63) is 70.9 Å². The molecule has 2 heterocycles. The molecule has 1 saturated carbocycles. The molecule has 0 spiro atoms. The summed E-state index contributed by atoms with van der Waals surface area (Å²) < 4.78 is 20.0. The molecule has 2 aliphatic rings. The number of hydrogen-bond acceptors (Lipinski definition) is 5. The number of carbonyl (C=O) groups excluding carboxylic acids is 3. The molecule has 3 atom stereocenters. The lowest BCUT2D eigenvalue weighted by Crippen LogP contribution is -2.60. The van der Waals surface area contributed by atoms with Crippen LogP contribution in [-0.4, -0.2) is 41.9 Å². The molecule has 6 nitrogen and oxygen atoms in total. The average Bonchev–Trinajstić information content (AvgIpc) is 3.50. The van der Waals surface area contributed by atoms with Crippen LogP contribution in [-0.2, 0) is 20.7 Å². The van der Waals surface area contributed by atoms with Gasteiger partial charge in [-0.05, 0) is 43.0 Å². The molecule has 1 aliphatic heterocycles. The predicted molar refractivity (Wildman–Crippen MR) is 123 cm³/mol. The van der Waals surface area contributed by atoms with Gasteiger partial charge in [0.05, 0.1) is 11.7 Å². The third-order valence-electron chi connectivity index (χ3n) is 6.55. The molecule has 5 rings (SSSR count). The molecule has 2 fully saturated rings. The van der Waals surface area contributed by atoms with Crippen LogP contribution in [0.15, 0.2) is 53.9 Å². The highest BCUT2D eigenvalue weighted by Crippen LogP contribution is 2.38. The van der Waals surface area contributed by atoms with Gasteiger partial charge in [-0.15, -0.1) is 11.3 Å². The fraction of sp³-hybridized carbons (Fsp3) is 0.320. The zero-order valence-electron chi connectivity index (χ0n) is 17.8. The Balaban J connectivity index is 1.41. The van der Waals surface area contributed by atoms with Crippen molar-refractivity contribution in [2.75, 3.05) is 6.61 Å². The summed E-state index contributed by atoms with van der Waals surface area (Å²) in [5.74, 6) is -1.33. The van der Waals surface area contributed by atoms with E-state index in [-0.39, 0.29) is 36.6 Å². The molecular formula is C25H23FN2O4S. The lowest BCUT2D eigenvalue weighted by molar-refractivity contribution is -0.131. The summed E-state index contributed by atoms with van der Waals surface area (Å²) >= 11 is 1.46. The third kappa shape index (κ3) is 4.05. The van der Waals surface area contributed by atoms with Crippen LogP contribution in [0.4, 0.5) is 4.39 Å². The zero-order chi connectivity index (χ0) is 23.0. The minimum absolute atomic E-state index is 0.0131. The van der Waals surface area contributed by atoms with E-state index in [9.17, 15) is 18.8 Å². The van der Waals surface area contributed by atoms with E-state index in [1.165, 1.54) is 23.5 Å². The molecular weight excluding hydrogens is 443 g/mol. The number of amides is 2. The number of ketones is 1. The van der Waals surface area contributed by atoms with Crippen LogP contribution in [0.5, 0.6) is 0 Å². The van der Waals surface area contributed by atoms with Gasteiger partial charge in [0.1, 0.15) is 24.0 Å². The lowest BCUT2D eigenvalue weighted by atomic mass is 9.91. The van der Waals surface area contributed by atoms with Crippen LogP contribution >= 0.6 is 11.3 Å². The largest absolute Gasteiger partial charge is 0.367 e. The highest BCUT2D eigenvalue weighted by molar-refractivity contribution is 7.17. The van der Waals surface area contributed by atoms with E-state index < -0.39 is 17.5 Å². The van der Waals surface area contributed by atoms with E-state index in [4.69, 9.17) is 4.74 Å². The topological polar surface area (TPSA) is 84.5 Å². The molecule has 0 bridgehead atoms. The first-order valence-electron chi connectivity index (χ1n) is 10.9. The molecule has 3 unspecified atom stereocenters. The van der Waals surface area contributed by atoms with Crippen molar-refractivity contribution in [3.63, 3.8) is 0 Å². The van der Waals surface area contributed by atoms with Crippen molar-refractivity contribution in [3.8, 4) is 0 Å². The number of halogens is 1. The van der Waals surface area contributed by atoms with Gasteiger partial charge in [0.2, 0.25) is 5.91 Å². The van der Waals surface area contributed by atoms with Gasteiger partial charge in [0, 0.05) is 21.9 Å². The van der Waals surface area contributed by atoms with E-state index in [0.29, 0.717) is 24.0 Å². The number of thiophene rings is 1. The van der Waals surface area contributed by atoms with Gasteiger partial charge in [0.25, 0.3) is 5.91 Å². The second kappa shape index (κ2) is 8.68. The Morgan fingerprint density at radius 1 is 1.18 bits per heavy atom. The molecule has 2 amide bonds. The molecule has 0 radical (unpaired) electrons. The Bertz CT molecular complexity index is 1220. The first-order valence-corrected chi connectivity index (χ1v) is 11.8. The molecule has 170 valence electrons. The number of ether oxygens (including phenoxy) is 1. The van der Waals surface area contributed by atoms with Gasteiger partial charge < -0.3 is 15.4 Å². The average molecular weight is 467 g/mol. The second-order valence-electron chi connectivity index (χ2n) is 8.58. The van der Waals surface area contributed by atoms with Crippen LogP contribution in [0.1, 0.15) is 35.2 Å². The standard InChI is InChI=1S/C25H23FN2O4S/c26-16-9-7-15(8-10-16)12-19(24(31)28-25-11-3-6-22(25)32-13-21(25)29)27-23(30)18-14-33-20-5-2-1-4-17(18)20/h1-2,4-5,7-10,14,19,22H,3,6,11-13H2,(H,27,30)(H,28,31). The molecule has 2 N–H and O–H groups in total. The highest BCUT2D eigenvalue weighted by Gasteiger charge is 2.55. The second-order valence-corrected chi connectivity index (χ2v) is 9.49. The smallest absolute Gasteiger partial charge is 0.253 e. The minimum atomic E-state index is -1.03. The van der Waals surface area contributed by atoms with Crippen molar-refractivity contribution in [1.29, 1.82) is 0 Å². The van der Waals surface area contributed by atoms with Crippen LogP contribution in [0, 0.1) is 5.82 Å². The van der Waals surface area contributed by atoms with Gasteiger partial charge in [-0.3, -0.25) is 14.4 Å².